The van der Waals surface area contributed by atoms with E-state index < -0.39 is 0 Å². The van der Waals surface area contributed by atoms with E-state index in [1.165, 1.54) is 16.3 Å². The molecule has 0 saturated heterocycles. The summed E-state index contributed by atoms with van der Waals surface area (Å²) >= 11 is 0. The molecule has 0 saturated carbocycles. The van der Waals surface area contributed by atoms with Gasteiger partial charge in [-0.25, -0.2) is 0 Å². The van der Waals surface area contributed by atoms with Crippen molar-refractivity contribution in [1.29, 1.82) is 0 Å². The number of pyridine rings is 1. The van der Waals surface area contributed by atoms with Crippen LogP contribution in [0.25, 0.3) is 10.8 Å². The second-order valence-corrected chi connectivity index (χ2v) is 7.79. The fourth-order valence-electron chi connectivity index (χ4n) is 4.06. The smallest absolute Gasteiger partial charge is 0.270 e. The van der Waals surface area contributed by atoms with E-state index in [4.69, 9.17) is 0 Å². The van der Waals surface area contributed by atoms with Gasteiger partial charge in [-0.3, -0.25) is 14.7 Å². The third-order valence-corrected chi connectivity index (χ3v) is 5.72. The van der Waals surface area contributed by atoms with E-state index in [0.29, 0.717) is 12.2 Å². The Kier molecular flexibility index (Phi) is 5.41. The van der Waals surface area contributed by atoms with Gasteiger partial charge in [-0.1, -0.05) is 42.5 Å². The summed E-state index contributed by atoms with van der Waals surface area (Å²) in [6.45, 7) is 3.91. The monoisotopic (exact) mass is 412 g/mol. The summed E-state index contributed by atoms with van der Waals surface area (Å²) in [6.07, 6.45) is 2.46. The van der Waals surface area contributed by atoms with Gasteiger partial charge < -0.3 is 9.88 Å². The summed E-state index contributed by atoms with van der Waals surface area (Å²) in [5.74, 6) is 1.56. The quantitative estimate of drug-likeness (QED) is 0.546. The number of hydrogen-bond acceptors (Lipinski definition) is 5. The van der Waals surface area contributed by atoms with Crippen LogP contribution in [-0.4, -0.2) is 43.6 Å². The van der Waals surface area contributed by atoms with E-state index in [0.717, 1.165) is 44.2 Å². The van der Waals surface area contributed by atoms with Gasteiger partial charge in [-0.2, -0.15) is 0 Å². The first-order valence-corrected chi connectivity index (χ1v) is 10.6. The molecule has 0 fully saturated rings. The second kappa shape index (κ2) is 8.65. The van der Waals surface area contributed by atoms with Crippen LogP contribution in [0.4, 0.5) is 0 Å². The van der Waals surface area contributed by atoms with E-state index in [1.807, 2.05) is 0 Å². The molecule has 1 aliphatic heterocycles. The van der Waals surface area contributed by atoms with Crippen LogP contribution in [0.15, 0.2) is 66.9 Å². The van der Waals surface area contributed by atoms with Crippen molar-refractivity contribution in [2.45, 2.75) is 26.1 Å². The van der Waals surface area contributed by atoms with Crippen molar-refractivity contribution in [3.8, 4) is 0 Å². The fraction of sp³-hybridized carbons (Fsp3) is 0.250. The minimum Gasteiger partial charge on any atom is -0.343 e. The molecule has 0 bridgehead atoms. The van der Waals surface area contributed by atoms with Crippen LogP contribution in [-0.2, 0) is 26.1 Å². The van der Waals surface area contributed by atoms with E-state index in [2.05, 4.69) is 72.4 Å². The number of amides is 1. The molecule has 0 unspecified atom stereocenters. The van der Waals surface area contributed by atoms with Crippen LogP contribution in [0.5, 0.6) is 0 Å². The molecule has 0 atom stereocenters. The Bertz CT molecular complexity index is 1200. The number of carbonyl (C=O) groups excluding carboxylic acids is 1. The van der Waals surface area contributed by atoms with Gasteiger partial charge in [-0.05, 0) is 34.5 Å². The van der Waals surface area contributed by atoms with Crippen LogP contribution < -0.4 is 5.32 Å². The van der Waals surface area contributed by atoms with Gasteiger partial charge in [0.05, 0.1) is 6.54 Å². The topological polar surface area (TPSA) is 75.9 Å². The molecule has 156 valence electrons. The molecule has 2 aromatic carbocycles. The summed E-state index contributed by atoms with van der Waals surface area (Å²) < 4.78 is 2.14. The molecule has 31 heavy (non-hydrogen) atoms. The molecule has 3 heterocycles. The highest BCUT2D eigenvalue weighted by Crippen LogP contribution is 2.18. The summed E-state index contributed by atoms with van der Waals surface area (Å²) in [4.78, 5) is 18.8. The van der Waals surface area contributed by atoms with Gasteiger partial charge in [0.2, 0.25) is 0 Å². The summed E-state index contributed by atoms with van der Waals surface area (Å²) in [5.41, 5.74) is 1.72. The van der Waals surface area contributed by atoms with Crippen LogP contribution in [0.2, 0.25) is 0 Å². The number of rotatable bonds is 5. The highest BCUT2D eigenvalue weighted by Gasteiger charge is 2.19. The van der Waals surface area contributed by atoms with Gasteiger partial charge in [0.1, 0.15) is 11.5 Å². The van der Waals surface area contributed by atoms with Crippen LogP contribution in [0.1, 0.15) is 27.7 Å². The lowest BCUT2D eigenvalue weighted by atomic mass is 10.1. The fourth-order valence-corrected chi connectivity index (χ4v) is 4.06. The highest BCUT2D eigenvalue weighted by molar-refractivity contribution is 5.92. The maximum atomic E-state index is 12.3. The zero-order chi connectivity index (χ0) is 21.0. The van der Waals surface area contributed by atoms with E-state index in [9.17, 15) is 4.79 Å². The lowest BCUT2D eigenvalue weighted by molar-refractivity contribution is 0.0944. The van der Waals surface area contributed by atoms with Gasteiger partial charge >= 0.3 is 0 Å². The molecule has 4 aromatic rings. The normalized spacial score (nSPS) is 14.2. The molecule has 2 aromatic heterocycles. The molecule has 0 radical (unpaired) electrons. The van der Waals surface area contributed by atoms with Gasteiger partial charge in [0.15, 0.2) is 5.82 Å². The van der Waals surface area contributed by atoms with Crippen LogP contribution in [0.3, 0.4) is 0 Å². The van der Waals surface area contributed by atoms with E-state index >= 15 is 0 Å². The molecule has 5 rings (SSSR count). The summed E-state index contributed by atoms with van der Waals surface area (Å²) in [7, 11) is 0. The second-order valence-electron chi connectivity index (χ2n) is 7.79. The van der Waals surface area contributed by atoms with Gasteiger partial charge in [0.25, 0.3) is 5.91 Å². The minimum absolute atomic E-state index is 0.204. The van der Waals surface area contributed by atoms with Crippen LogP contribution in [0, 0.1) is 0 Å². The van der Waals surface area contributed by atoms with Crippen LogP contribution >= 0.6 is 0 Å². The molecular formula is C24H24N6O. The first-order chi connectivity index (χ1) is 15.3. The van der Waals surface area contributed by atoms with Gasteiger partial charge in [0, 0.05) is 38.8 Å². The van der Waals surface area contributed by atoms with Crippen molar-refractivity contribution in [3.05, 3.63) is 89.8 Å². The molecule has 1 N–H and O–H groups in total. The molecule has 7 heteroatoms. The molecule has 7 nitrogen and oxygen atoms in total. The average Bonchev–Trinajstić information content (AvgIpc) is 3.10. The number of aromatic nitrogens is 4. The Morgan fingerprint density at radius 1 is 0.935 bits per heavy atom. The minimum atomic E-state index is -0.204. The van der Waals surface area contributed by atoms with Crippen molar-refractivity contribution >= 4 is 16.7 Å². The zero-order valence-electron chi connectivity index (χ0n) is 17.2. The third-order valence-electron chi connectivity index (χ3n) is 5.72. The van der Waals surface area contributed by atoms with Crippen molar-refractivity contribution in [1.82, 2.24) is 30.0 Å². The van der Waals surface area contributed by atoms with Crippen molar-refractivity contribution in [2.75, 3.05) is 13.1 Å². The maximum absolute atomic E-state index is 12.3. The molecule has 1 aliphatic rings. The summed E-state index contributed by atoms with van der Waals surface area (Å²) in [6, 6.07) is 20.4. The Labute approximate surface area is 180 Å². The molecule has 0 spiro atoms. The maximum Gasteiger partial charge on any atom is 0.270 e. The average molecular weight is 412 g/mol. The Morgan fingerprint density at radius 3 is 2.68 bits per heavy atom. The predicted molar refractivity (Wildman–Crippen MR) is 118 cm³/mol. The number of nitrogens with zero attached hydrogens (tertiary/aromatic N) is 5. The predicted octanol–water partition coefficient (Wildman–Crippen LogP) is 2.81. The number of benzene rings is 2. The molecular weight excluding hydrogens is 388 g/mol. The third kappa shape index (κ3) is 4.32. The van der Waals surface area contributed by atoms with E-state index in [-0.39, 0.29) is 5.91 Å². The van der Waals surface area contributed by atoms with E-state index in [1.54, 1.807) is 24.4 Å². The molecule has 0 aliphatic carbocycles. The van der Waals surface area contributed by atoms with Gasteiger partial charge in [-0.15, -0.1) is 10.2 Å². The zero-order valence-corrected chi connectivity index (χ0v) is 17.2. The van der Waals surface area contributed by atoms with Crippen molar-refractivity contribution < 1.29 is 4.79 Å². The Hall–Kier alpha value is -3.58. The standard InChI is InChI=1S/C24H24N6O/c31-24(21-7-3-4-11-25-21)26-16-23-28-27-22-10-12-29(13-14-30(22)23)17-18-8-9-19-5-1-2-6-20(19)15-18/h1-9,11,15H,10,12-14,16-17H2,(H,26,31). The van der Waals surface area contributed by atoms with Crippen molar-refractivity contribution in [2.24, 2.45) is 0 Å². The lowest BCUT2D eigenvalue weighted by Crippen LogP contribution is -2.28. The first-order valence-electron chi connectivity index (χ1n) is 10.6. The largest absolute Gasteiger partial charge is 0.343 e. The first kappa shape index (κ1) is 19.4. The molecule has 1 amide bonds. The van der Waals surface area contributed by atoms with Crippen molar-refractivity contribution in [3.63, 3.8) is 0 Å². The Morgan fingerprint density at radius 2 is 1.81 bits per heavy atom. The number of hydrogen-bond donors (Lipinski definition) is 1. The number of carbonyl (C=O) groups is 1. The summed E-state index contributed by atoms with van der Waals surface area (Å²) in [5, 5.41) is 14.1. The number of fused-ring (bicyclic) bond motifs is 2. The SMILES string of the molecule is O=C(NCc1nnc2n1CCN(Cc1ccc3ccccc3c1)CC2)c1ccccn1. The highest BCUT2D eigenvalue weighted by atomic mass is 16.1. The number of nitrogens with one attached hydrogen (secondary N) is 1. The lowest BCUT2D eigenvalue weighted by Gasteiger charge is -2.20. The Balaban J connectivity index is 1.22.